The van der Waals surface area contributed by atoms with E-state index in [1.807, 2.05) is 30.3 Å². The number of hydrogen-bond donors (Lipinski definition) is 0. The molecule has 0 bridgehead atoms. The highest BCUT2D eigenvalue weighted by Crippen LogP contribution is 2.27. The summed E-state index contributed by atoms with van der Waals surface area (Å²) in [6.07, 6.45) is 1.63. The van der Waals surface area contributed by atoms with Gasteiger partial charge >= 0.3 is 5.97 Å². The van der Waals surface area contributed by atoms with Gasteiger partial charge in [0.15, 0.2) is 5.70 Å². The number of nitrogens with zero attached hydrogens (tertiary/aromatic N) is 1. The highest BCUT2D eigenvalue weighted by molar-refractivity contribution is 6.32. The summed E-state index contributed by atoms with van der Waals surface area (Å²) < 4.78 is 10.3. The van der Waals surface area contributed by atoms with E-state index in [1.54, 1.807) is 31.4 Å². The van der Waals surface area contributed by atoms with Gasteiger partial charge in [-0.25, -0.2) is 9.79 Å². The van der Waals surface area contributed by atoms with Crippen molar-refractivity contribution in [2.45, 2.75) is 0 Å². The van der Waals surface area contributed by atoms with Crippen molar-refractivity contribution < 1.29 is 14.3 Å². The molecular weight excluding hydrogens is 302 g/mol. The molecule has 0 unspecified atom stereocenters. The number of esters is 1. The van der Waals surface area contributed by atoms with Crippen molar-refractivity contribution in [2.75, 3.05) is 7.11 Å². The van der Waals surface area contributed by atoms with Gasteiger partial charge in [0.25, 0.3) is 0 Å². The molecule has 0 aromatic heterocycles. The lowest BCUT2D eigenvalue weighted by Gasteiger charge is -2.03. The number of methoxy groups -OCH3 is 1. The van der Waals surface area contributed by atoms with Crippen LogP contribution in [-0.4, -0.2) is 19.0 Å². The van der Waals surface area contributed by atoms with Gasteiger partial charge in [-0.2, -0.15) is 0 Å². The van der Waals surface area contributed by atoms with E-state index in [9.17, 15) is 4.79 Å². The zero-order valence-corrected chi connectivity index (χ0v) is 12.5. The average molecular weight is 314 g/mol. The van der Waals surface area contributed by atoms with Gasteiger partial charge < -0.3 is 9.47 Å². The third-order valence-electron chi connectivity index (χ3n) is 3.12. The van der Waals surface area contributed by atoms with Gasteiger partial charge in [-0.05, 0) is 35.9 Å². The third-order valence-corrected chi connectivity index (χ3v) is 3.42. The molecule has 110 valence electrons. The Morgan fingerprint density at radius 2 is 1.95 bits per heavy atom. The van der Waals surface area contributed by atoms with Crippen LogP contribution in [0.25, 0.3) is 6.08 Å². The summed E-state index contributed by atoms with van der Waals surface area (Å²) >= 11 is 6.07. The molecule has 0 radical (unpaired) electrons. The lowest BCUT2D eigenvalue weighted by atomic mass is 10.2. The molecule has 0 saturated carbocycles. The Balaban J connectivity index is 1.92. The van der Waals surface area contributed by atoms with Crippen LogP contribution < -0.4 is 4.74 Å². The summed E-state index contributed by atoms with van der Waals surface area (Å²) in [5, 5.41) is 0.468. The first-order valence-corrected chi connectivity index (χ1v) is 6.96. The molecule has 0 N–H and O–H groups in total. The Kier molecular flexibility index (Phi) is 3.94. The molecule has 0 saturated heterocycles. The van der Waals surface area contributed by atoms with Crippen LogP contribution in [-0.2, 0) is 9.53 Å². The Labute approximate surface area is 132 Å². The number of benzene rings is 2. The quantitative estimate of drug-likeness (QED) is 0.641. The van der Waals surface area contributed by atoms with Crippen molar-refractivity contribution in [3.8, 4) is 5.75 Å². The first kappa shape index (κ1) is 14.4. The standard InChI is InChI=1S/C17H12ClNO3/c1-21-15-8-7-11(9-13(15)18)10-14-17(20)22-16(19-14)12-5-3-2-4-6-12/h2-10H,1H3/b14-10+. The van der Waals surface area contributed by atoms with Crippen LogP contribution in [0.15, 0.2) is 59.2 Å². The highest BCUT2D eigenvalue weighted by atomic mass is 35.5. The average Bonchev–Trinajstić information content (AvgIpc) is 2.89. The van der Waals surface area contributed by atoms with E-state index in [4.69, 9.17) is 21.1 Å². The van der Waals surface area contributed by atoms with Crippen LogP contribution >= 0.6 is 11.6 Å². The van der Waals surface area contributed by atoms with Crippen molar-refractivity contribution in [3.63, 3.8) is 0 Å². The van der Waals surface area contributed by atoms with Gasteiger partial charge in [0.05, 0.1) is 12.1 Å². The zero-order chi connectivity index (χ0) is 15.5. The molecule has 3 rings (SSSR count). The molecular formula is C17H12ClNO3. The minimum Gasteiger partial charge on any atom is -0.495 e. The number of halogens is 1. The Morgan fingerprint density at radius 3 is 2.64 bits per heavy atom. The topological polar surface area (TPSA) is 47.9 Å². The predicted octanol–water partition coefficient (Wildman–Crippen LogP) is 3.69. The van der Waals surface area contributed by atoms with E-state index in [0.717, 1.165) is 11.1 Å². The minimum absolute atomic E-state index is 0.236. The zero-order valence-electron chi connectivity index (χ0n) is 11.7. The molecule has 2 aromatic carbocycles. The van der Waals surface area contributed by atoms with Crippen LogP contribution in [0.2, 0.25) is 5.02 Å². The molecule has 1 heterocycles. The first-order valence-electron chi connectivity index (χ1n) is 6.59. The summed E-state index contributed by atoms with van der Waals surface area (Å²) in [7, 11) is 1.55. The molecule has 1 aliphatic rings. The number of carbonyl (C=O) groups is 1. The fraction of sp³-hybridized carbons (Fsp3) is 0.0588. The van der Waals surface area contributed by atoms with Crippen LogP contribution in [0.1, 0.15) is 11.1 Å². The third kappa shape index (κ3) is 2.87. The lowest BCUT2D eigenvalue weighted by molar-refractivity contribution is -0.129. The van der Waals surface area contributed by atoms with Gasteiger partial charge in [-0.1, -0.05) is 35.9 Å². The molecule has 0 spiro atoms. The van der Waals surface area contributed by atoms with Crippen LogP contribution in [0.4, 0.5) is 0 Å². The van der Waals surface area contributed by atoms with Gasteiger partial charge in [-0.15, -0.1) is 0 Å². The SMILES string of the molecule is COc1ccc(/C=C2/N=C(c3ccccc3)OC2=O)cc1Cl. The molecule has 0 atom stereocenters. The van der Waals surface area contributed by atoms with E-state index in [0.29, 0.717) is 16.7 Å². The van der Waals surface area contributed by atoms with E-state index >= 15 is 0 Å². The number of carbonyl (C=O) groups excluding carboxylic acids is 1. The molecule has 4 nitrogen and oxygen atoms in total. The Hall–Kier alpha value is -2.59. The predicted molar refractivity (Wildman–Crippen MR) is 85.1 cm³/mol. The van der Waals surface area contributed by atoms with Crippen molar-refractivity contribution in [3.05, 3.63) is 70.4 Å². The number of aliphatic imine (C=N–C) groups is 1. The molecule has 22 heavy (non-hydrogen) atoms. The molecule has 0 fully saturated rings. The monoisotopic (exact) mass is 313 g/mol. The lowest BCUT2D eigenvalue weighted by Crippen LogP contribution is -2.04. The number of cyclic esters (lactones) is 1. The van der Waals surface area contributed by atoms with E-state index in [1.165, 1.54) is 0 Å². The fourth-order valence-electron chi connectivity index (χ4n) is 2.04. The van der Waals surface area contributed by atoms with Crippen LogP contribution in [0.5, 0.6) is 5.75 Å². The van der Waals surface area contributed by atoms with Crippen molar-refractivity contribution in [2.24, 2.45) is 4.99 Å². The molecule has 5 heteroatoms. The summed E-state index contributed by atoms with van der Waals surface area (Å²) in [5.41, 5.74) is 1.74. The second kappa shape index (κ2) is 6.03. The van der Waals surface area contributed by atoms with Gasteiger partial charge in [-0.3, -0.25) is 0 Å². The van der Waals surface area contributed by atoms with E-state index in [-0.39, 0.29) is 5.70 Å². The first-order chi connectivity index (χ1) is 10.7. The maximum atomic E-state index is 11.9. The van der Waals surface area contributed by atoms with Crippen molar-refractivity contribution in [1.29, 1.82) is 0 Å². The molecule has 0 aliphatic carbocycles. The Morgan fingerprint density at radius 1 is 1.18 bits per heavy atom. The van der Waals surface area contributed by atoms with E-state index in [2.05, 4.69) is 4.99 Å². The fourth-order valence-corrected chi connectivity index (χ4v) is 2.31. The van der Waals surface area contributed by atoms with Gasteiger partial charge in [0.1, 0.15) is 5.75 Å². The van der Waals surface area contributed by atoms with Crippen molar-refractivity contribution in [1.82, 2.24) is 0 Å². The van der Waals surface area contributed by atoms with Crippen LogP contribution in [0.3, 0.4) is 0 Å². The number of ether oxygens (including phenoxy) is 2. The Bertz CT molecular complexity index is 782. The highest BCUT2D eigenvalue weighted by Gasteiger charge is 2.23. The van der Waals surface area contributed by atoms with Gasteiger partial charge in [0.2, 0.25) is 5.90 Å². The molecule has 1 aliphatic heterocycles. The second-order valence-electron chi connectivity index (χ2n) is 4.60. The maximum Gasteiger partial charge on any atom is 0.363 e. The number of rotatable bonds is 3. The molecule has 0 amide bonds. The summed E-state index contributed by atoms with van der Waals surface area (Å²) in [6.45, 7) is 0. The van der Waals surface area contributed by atoms with E-state index < -0.39 is 5.97 Å². The summed E-state index contributed by atoms with van der Waals surface area (Å²) in [5.74, 6) is 0.397. The van der Waals surface area contributed by atoms with Crippen molar-refractivity contribution >= 4 is 29.5 Å². The largest absolute Gasteiger partial charge is 0.495 e. The maximum absolute atomic E-state index is 11.9. The number of hydrogen-bond acceptors (Lipinski definition) is 4. The normalized spacial score (nSPS) is 15.6. The summed E-state index contributed by atoms with van der Waals surface area (Å²) in [6, 6.07) is 14.5. The van der Waals surface area contributed by atoms with Gasteiger partial charge in [0, 0.05) is 5.56 Å². The molecule has 2 aromatic rings. The smallest absolute Gasteiger partial charge is 0.363 e. The summed E-state index contributed by atoms with van der Waals surface area (Å²) in [4.78, 5) is 16.1. The van der Waals surface area contributed by atoms with Crippen LogP contribution in [0, 0.1) is 0 Å². The second-order valence-corrected chi connectivity index (χ2v) is 5.00. The minimum atomic E-state index is -0.481.